The molecule has 1 aliphatic heterocycles. The molecule has 0 bridgehead atoms. The van der Waals surface area contributed by atoms with E-state index in [0.29, 0.717) is 32.8 Å². The Morgan fingerprint density at radius 2 is 1.65 bits per heavy atom. The molecule has 0 radical (unpaired) electrons. The first-order valence-corrected chi connectivity index (χ1v) is 10.8. The average molecular weight is 419 g/mol. The lowest BCUT2D eigenvalue weighted by Gasteiger charge is -2.34. The number of ether oxygens (including phenoxy) is 1. The van der Waals surface area contributed by atoms with Gasteiger partial charge in [0.25, 0.3) is 0 Å². The van der Waals surface area contributed by atoms with Crippen molar-refractivity contribution in [2.75, 3.05) is 33.4 Å². The van der Waals surface area contributed by atoms with Gasteiger partial charge < -0.3 is 9.64 Å². The Labute approximate surface area is 184 Å². The molecular weight excluding hydrogens is 388 g/mol. The molecule has 4 rings (SSSR count). The van der Waals surface area contributed by atoms with E-state index in [1.165, 1.54) is 0 Å². The SMILES string of the molecule is Cc1nn(-c2ccccc2)c(C)c1CN(C)[C@@H](C(=O)N1CCOCC1)c1ccccc1. The molecule has 2 aromatic carbocycles. The number of para-hydroxylation sites is 1. The Morgan fingerprint density at radius 3 is 2.29 bits per heavy atom. The number of aromatic nitrogens is 2. The second kappa shape index (κ2) is 9.45. The minimum atomic E-state index is -0.349. The zero-order valence-electron chi connectivity index (χ0n) is 18.5. The molecule has 162 valence electrons. The van der Waals surface area contributed by atoms with E-state index in [9.17, 15) is 4.79 Å². The summed E-state index contributed by atoms with van der Waals surface area (Å²) >= 11 is 0. The molecule has 3 aromatic rings. The van der Waals surface area contributed by atoms with Crippen LogP contribution in [0.15, 0.2) is 60.7 Å². The second-order valence-corrected chi connectivity index (χ2v) is 8.06. The van der Waals surface area contributed by atoms with Gasteiger partial charge in [0.1, 0.15) is 6.04 Å². The molecule has 0 unspecified atom stereocenters. The van der Waals surface area contributed by atoms with Crippen LogP contribution >= 0.6 is 0 Å². The molecule has 6 nitrogen and oxygen atoms in total. The summed E-state index contributed by atoms with van der Waals surface area (Å²) in [7, 11) is 2.02. The van der Waals surface area contributed by atoms with E-state index in [-0.39, 0.29) is 11.9 Å². The summed E-state index contributed by atoms with van der Waals surface area (Å²) in [5.74, 6) is 0.128. The van der Waals surface area contributed by atoms with Gasteiger partial charge in [-0.3, -0.25) is 9.69 Å². The third-order valence-corrected chi connectivity index (χ3v) is 5.96. The van der Waals surface area contributed by atoms with Crippen LogP contribution in [0.3, 0.4) is 0 Å². The molecule has 0 N–H and O–H groups in total. The number of benzene rings is 2. The highest BCUT2D eigenvalue weighted by molar-refractivity contribution is 5.83. The standard InChI is InChI=1S/C25H30N4O2/c1-19-23(20(2)29(26-19)22-12-8-5-9-13-22)18-27(3)24(21-10-6-4-7-11-21)25(30)28-14-16-31-17-15-28/h4-13,24H,14-18H2,1-3H3/t24-/m1/s1. The van der Waals surface area contributed by atoms with Crippen molar-refractivity contribution in [3.8, 4) is 5.69 Å². The predicted octanol–water partition coefficient (Wildman–Crippen LogP) is 3.52. The van der Waals surface area contributed by atoms with Gasteiger partial charge in [-0.2, -0.15) is 5.10 Å². The highest BCUT2D eigenvalue weighted by Gasteiger charge is 2.31. The molecule has 0 spiro atoms. The van der Waals surface area contributed by atoms with Crippen molar-refractivity contribution >= 4 is 5.91 Å². The predicted molar refractivity (Wildman–Crippen MR) is 121 cm³/mol. The lowest BCUT2D eigenvalue weighted by atomic mass is 10.0. The molecular formula is C25H30N4O2. The summed E-state index contributed by atoms with van der Waals surface area (Å²) < 4.78 is 7.44. The quantitative estimate of drug-likeness (QED) is 0.615. The van der Waals surface area contributed by atoms with Crippen molar-refractivity contribution in [2.24, 2.45) is 0 Å². The molecule has 6 heteroatoms. The zero-order valence-corrected chi connectivity index (χ0v) is 18.5. The molecule has 1 aromatic heterocycles. The smallest absolute Gasteiger partial charge is 0.244 e. The van der Waals surface area contributed by atoms with Gasteiger partial charge in [-0.1, -0.05) is 48.5 Å². The molecule has 1 fully saturated rings. The fraction of sp³-hybridized carbons (Fsp3) is 0.360. The van der Waals surface area contributed by atoms with Gasteiger partial charge in [-0.25, -0.2) is 4.68 Å². The van der Waals surface area contributed by atoms with Crippen LogP contribution in [0.25, 0.3) is 5.69 Å². The van der Waals surface area contributed by atoms with Crippen molar-refractivity contribution < 1.29 is 9.53 Å². The van der Waals surface area contributed by atoms with Gasteiger partial charge in [0.15, 0.2) is 0 Å². The number of morpholine rings is 1. The number of aryl methyl sites for hydroxylation is 1. The summed E-state index contributed by atoms with van der Waals surface area (Å²) in [5.41, 5.74) is 5.29. The maximum Gasteiger partial charge on any atom is 0.244 e. The Kier molecular flexibility index (Phi) is 6.49. The van der Waals surface area contributed by atoms with Gasteiger partial charge in [-0.05, 0) is 38.6 Å². The number of rotatable bonds is 6. The van der Waals surface area contributed by atoms with Gasteiger partial charge >= 0.3 is 0 Å². The highest BCUT2D eigenvalue weighted by Crippen LogP contribution is 2.27. The number of carbonyl (C=O) groups excluding carboxylic acids is 1. The third kappa shape index (κ3) is 4.55. The van der Waals surface area contributed by atoms with Crippen LogP contribution < -0.4 is 0 Å². The van der Waals surface area contributed by atoms with E-state index in [0.717, 1.165) is 28.2 Å². The van der Waals surface area contributed by atoms with Gasteiger partial charge in [-0.15, -0.1) is 0 Å². The summed E-state index contributed by atoms with van der Waals surface area (Å²) in [6, 6.07) is 19.8. The molecule has 1 saturated heterocycles. The third-order valence-electron chi connectivity index (χ3n) is 5.96. The van der Waals surface area contributed by atoms with Crippen LogP contribution in [0.1, 0.15) is 28.6 Å². The molecule has 0 aliphatic carbocycles. The van der Waals surface area contributed by atoms with Crippen LogP contribution in [0, 0.1) is 13.8 Å². The van der Waals surface area contributed by atoms with Crippen LogP contribution in [-0.4, -0.2) is 58.8 Å². The van der Waals surface area contributed by atoms with E-state index in [1.807, 2.05) is 72.1 Å². The monoisotopic (exact) mass is 418 g/mol. The van der Waals surface area contributed by atoms with Crippen molar-refractivity contribution in [3.63, 3.8) is 0 Å². The largest absolute Gasteiger partial charge is 0.378 e. The van der Waals surface area contributed by atoms with Crippen molar-refractivity contribution in [1.82, 2.24) is 19.6 Å². The second-order valence-electron chi connectivity index (χ2n) is 8.06. The average Bonchev–Trinajstić information content (AvgIpc) is 3.09. The van der Waals surface area contributed by atoms with Crippen molar-refractivity contribution in [3.05, 3.63) is 83.2 Å². The van der Waals surface area contributed by atoms with Crippen molar-refractivity contribution in [2.45, 2.75) is 26.4 Å². The van der Waals surface area contributed by atoms with E-state index in [2.05, 4.69) is 24.0 Å². The van der Waals surface area contributed by atoms with Crippen LogP contribution in [0.4, 0.5) is 0 Å². The van der Waals surface area contributed by atoms with E-state index < -0.39 is 0 Å². The lowest BCUT2D eigenvalue weighted by molar-refractivity contribution is -0.141. The molecule has 1 aliphatic rings. The highest BCUT2D eigenvalue weighted by atomic mass is 16.5. The first-order valence-electron chi connectivity index (χ1n) is 10.8. The number of hydrogen-bond acceptors (Lipinski definition) is 4. The lowest BCUT2D eigenvalue weighted by Crippen LogP contribution is -2.46. The maximum atomic E-state index is 13.5. The summed E-state index contributed by atoms with van der Waals surface area (Å²) in [5, 5.41) is 4.78. The number of likely N-dealkylation sites (N-methyl/N-ethyl adjacent to an activating group) is 1. The fourth-order valence-electron chi connectivity index (χ4n) is 4.24. The normalized spacial score (nSPS) is 15.3. The Hall–Kier alpha value is -2.96. The van der Waals surface area contributed by atoms with Crippen LogP contribution in [-0.2, 0) is 16.1 Å². The zero-order chi connectivity index (χ0) is 21.8. The first kappa shape index (κ1) is 21.3. The van der Waals surface area contributed by atoms with Gasteiger partial charge in [0.05, 0.1) is 24.6 Å². The first-order chi connectivity index (χ1) is 15.1. The Bertz CT molecular complexity index is 1010. The minimum absolute atomic E-state index is 0.128. The summed E-state index contributed by atoms with van der Waals surface area (Å²) in [4.78, 5) is 17.6. The molecule has 0 saturated carbocycles. The van der Waals surface area contributed by atoms with E-state index in [1.54, 1.807) is 0 Å². The number of nitrogens with zero attached hydrogens (tertiary/aromatic N) is 4. The Morgan fingerprint density at radius 1 is 1.03 bits per heavy atom. The number of amides is 1. The van der Waals surface area contributed by atoms with E-state index >= 15 is 0 Å². The van der Waals surface area contributed by atoms with Gasteiger partial charge in [0.2, 0.25) is 5.91 Å². The summed E-state index contributed by atoms with van der Waals surface area (Å²) in [6.45, 7) is 7.24. The molecule has 2 heterocycles. The summed E-state index contributed by atoms with van der Waals surface area (Å²) in [6.07, 6.45) is 0. The van der Waals surface area contributed by atoms with Gasteiger partial charge in [0, 0.05) is 30.9 Å². The van der Waals surface area contributed by atoms with Crippen LogP contribution in [0.2, 0.25) is 0 Å². The minimum Gasteiger partial charge on any atom is -0.378 e. The molecule has 31 heavy (non-hydrogen) atoms. The topological polar surface area (TPSA) is 50.6 Å². The van der Waals surface area contributed by atoms with E-state index in [4.69, 9.17) is 9.84 Å². The number of carbonyl (C=O) groups is 1. The Balaban J connectivity index is 1.63. The molecule has 1 amide bonds. The number of hydrogen-bond donors (Lipinski definition) is 0. The van der Waals surface area contributed by atoms with Crippen LogP contribution in [0.5, 0.6) is 0 Å². The fourth-order valence-corrected chi connectivity index (χ4v) is 4.24. The maximum absolute atomic E-state index is 13.5. The van der Waals surface area contributed by atoms with Crippen molar-refractivity contribution in [1.29, 1.82) is 0 Å². The molecule has 1 atom stereocenters.